The number of hydrogen-bond acceptors (Lipinski definition) is 6. The molecule has 1 heterocycles. The predicted molar refractivity (Wildman–Crippen MR) is 89.2 cm³/mol. The normalized spacial score (nSPS) is 17.6. The molecule has 1 aliphatic heterocycles. The average molecular weight is 368 g/mol. The van der Waals surface area contributed by atoms with Gasteiger partial charge < -0.3 is 10.6 Å². The molecular weight excluding hydrogens is 344 g/mol. The van der Waals surface area contributed by atoms with Gasteiger partial charge in [0.15, 0.2) is 0 Å². The van der Waals surface area contributed by atoms with Crippen LogP contribution in [0, 0.1) is 5.92 Å². The Kier molecular flexibility index (Phi) is 8.40. The van der Waals surface area contributed by atoms with E-state index in [4.69, 9.17) is 0 Å². The minimum atomic E-state index is -1.16. The van der Waals surface area contributed by atoms with Gasteiger partial charge in [-0.1, -0.05) is 13.8 Å². The number of hydrogen-bond donors (Lipinski definition) is 3. The third-order valence-electron chi connectivity index (χ3n) is 3.91. The molecule has 3 N–H and O–H groups in total. The summed E-state index contributed by atoms with van der Waals surface area (Å²) < 4.78 is 0. The molecule has 0 aromatic rings. The Bertz CT molecular complexity index is 591. The molecule has 1 fully saturated rings. The predicted octanol–water partition coefficient (Wildman–Crippen LogP) is -1.55. The molecule has 1 saturated heterocycles. The molecule has 144 valence electrons. The lowest BCUT2D eigenvalue weighted by molar-refractivity contribution is -0.139. The first-order chi connectivity index (χ1) is 12.3. The highest BCUT2D eigenvalue weighted by molar-refractivity contribution is 6.03. The zero-order valence-corrected chi connectivity index (χ0v) is 14.9. The number of nitrogens with zero attached hydrogens (tertiary/aromatic N) is 1. The van der Waals surface area contributed by atoms with E-state index in [1.165, 1.54) is 4.90 Å². The maximum absolute atomic E-state index is 11.9. The Hall–Kier alpha value is -2.78. The van der Waals surface area contributed by atoms with Gasteiger partial charge in [-0.2, -0.15) is 0 Å². The summed E-state index contributed by atoms with van der Waals surface area (Å²) in [6.45, 7) is 3.70. The number of carbonyl (C=O) groups excluding carboxylic acids is 6. The summed E-state index contributed by atoms with van der Waals surface area (Å²) in [7, 11) is 0. The van der Waals surface area contributed by atoms with Crippen LogP contribution in [-0.2, 0) is 28.8 Å². The van der Waals surface area contributed by atoms with Gasteiger partial charge in [0.1, 0.15) is 6.04 Å². The van der Waals surface area contributed by atoms with Crippen LogP contribution in [0.4, 0.5) is 0 Å². The molecule has 0 saturated carbocycles. The quantitative estimate of drug-likeness (QED) is 0.242. The van der Waals surface area contributed by atoms with Crippen LogP contribution in [0.15, 0.2) is 0 Å². The fourth-order valence-corrected chi connectivity index (χ4v) is 2.47. The minimum absolute atomic E-state index is 0.128. The first-order valence-corrected chi connectivity index (χ1v) is 8.44. The van der Waals surface area contributed by atoms with Crippen LogP contribution in [0.25, 0.3) is 0 Å². The van der Waals surface area contributed by atoms with E-state index >= 15 is 0 Å². The van der Waals surface area contributed by atoms with Crippen LogP contribution in [0.2, 0.25) is 0 Å². The molecule has 0 aromatic carbocycles. The van der Waals surface area contributed by atoms with Crippen molar-refractivity contribution < 1.29 is 28.8 Å². The van der Waals surface area contributed by atoms with Crippen LogP contribution >= 0.6 is 0 Å². The Morgan fingerprint density at radius 2 is 1.96 bits per heavy atom. The molecule has 6 amide bonds. The van der Waals surface area contributed by atoms with Gasteiger partial charge in [-0.3, -0.25) is 39.0 Å². The second-order valence-electron chi connectivity index (χ2n) is 6.00. The van der Waals surface area contributed by atoms with Gasteiger partial charge in [-0.25, -0.2) is 0 Å². The highest BCUT2D eigenvalue weighted by atomic mass is 16.2. The summed E-state index contributed by atoms with van der Waals surface area (Å²) in [5.74, 6) is -2.45. The van der Waals surface area contributed by atoms with Crippen molar-refractivity contribution in [2.24, 2.45) is 5.92 Å². The molecule has 1 rings (SSSR count). The van der Waals surface area contributed by atoms with E-state index in [1.807, 2.05) is 5.32 Å². The molecule has 10 nitrogen and oxygen atoms in total. The van der Waals surface area contributed by atoms with Crippen molar-refractivity contribution in [1.82, 2.24) is 20.9 Å². The fourth-order valence-electron chi connectivity index (χ4n) is 2.47. The molecule has 2 unspecified atom stereocenters. The molecule has 0 radical (unpaired) electrons. The zero-order chi connectivity index (χ0) is 19.7. The third kappa shape index (κ3) is 6.26. The monoisotopic (exact) mass is 368 g/mol. The summed E-state index contributed by atoms with van der Waals surface area (Å²) in [5, 5.41) is 6.83. The molecule has 26 heavy (non-hydrogen) atoms. The summed E-state index contributed by atoms with van der Waals surface area (Å²) in [4.78, 5) is 70.0. The molecule has 0 aromatic heterocycles. The van der Waals surface area contributed by atoms with Gasteiger partial charge in [0, 0.05) is 31.8 Å². The van der Waals surface area contributed by atoms with E-state index in [9.17, 15) is 28.8 Å². The second kappa shape index (κ2) is 10.3. The maximum atomic E-state index is 11.9. The lowest BCUT2D eigenvalue weighted by Crippen LogP contribution is -2.48. The molecular formula is C16H24N4O6. The Balaban J connectivity index is 2.41. The number of imide groups is 2. The van der Waals surface area contributed by atoms with E-state index in [-0.39, 0.29) is 56.5 Å². The SMILES string of the molecule is CCC(=O)NC(CC(=O)NCCCN1C(=O)CC(C)C1=O)C(=O)NC=O. The number of carbonyl (C=O) groups is 6. The highest BCUT2D eigenvalue weighted by Gasteiger charge is 2.34. The van der Waals surface area contributed by atoms with Crippen LogP contribution < -0.4 is 16.0 Å². The minimum Gasteiger partial charge on any atom is -0.356 e. The zero-order valence-electron chi connectivity index (χ0n) is 14.9. The van der Waals surface area contributed by atoms with Crippen LogP contribution in [0.5, 0.6) is 0 Å². The first kappa shape index (κ1) is 21.3. The summed E-state index contributed by atoms with van der Waals surface area (Å²) in [6, 6.07) is -1.16. The van der Waals surface area contributed by atoms with E-state index in [2.05, 4.69) is 10.6 Å². The second-order valence-corrected chi connectivity index (χ2v) is 6.00. The topological polar surface area (TPSA) is 142 Å². The Labute approximate surface area is 151 Å². The van der Waals surface area contributed by atoms with Gasteiger partial charge in [0.2, 0.25) is 35.9 Å². The van der Waals surface area contributed by atoms with Crippen LogP contribution in [0.1, 0.15) is 39.5 Å². The fraction of sp³-hybridized carbons (Fsp3) is 0.625. The lowest BCUT2D eigenvalue weighted by atomic mass is 10.1. The number of rotatable bonds is 10. The lowest BCUT2D eigenvalue weighted by Gasteiger charge is -2.17. The molecule has 0 aliphatic carbocycles. The van der Waals surface area contributed by atoms with Crippen molar-refractivity contribution in [3.8, 4) is 0 Å². The maximum Gasteiger partial charge on any atom is 0.249 e. The standard InChI is InChI=1S/C16H24N4O6/c1-3-12(22)19-11(15(25)18-9-21)8-13(23)17-5-4-6-20-14(24)7-10(2)16(20)26/h9-11H,3-8H2,1-2H3,(H,17,23)(H,19,22)(H,18,21,25). The molecule has 0 bridgehead atoms. The average Bonchev–Trinajstić information content (AvgIpc) is 2.83. The van der Waals surface area contributed by atoms with Gasteiger partial charge in [-0.15, -0.1) is 0 Å². The van der Waals surface area contributed by atoms with Crippen molar-refractivity contribution in [3.05, 3.63) is 0 Å². The van der Waals surface area contributed by atoms with Crippen molar-refractivity contribution in [1.29, 1.82) is 0 Å². The summed E-state index contributed by atoms with van der Waals surface area (Å²) in [6.07, 6.45) is 0.557. The van der Waals surface area contributed by atoms with Crippen molar-refractivity contribution >= 4 is 35.9 Å². The molecule has 1 aliphatic rings. The van der Waals surface area contributed by atoms with Gasteiger partial charge >= 0.3 is 0 Å². The molecule has 10 heteroatoms. The number of amides is 6. The number of likely N-dealkylation sites (tertiary alicyclic amines) is 1. The number of nitrogens with one attached hydrogen (secondary N) is 3. The van der Waals surface area contributed by atoms with E-state index in [1.54, 1.807) is 13.8 Å². The Morgan fingerprint density at radius 1 is 1.27 bits per heavy atom. The van der Waals surface area contributed by atoms with Crippen LogP contribution in [-0.4, -0.2) is 60.0 Å². The molecule has 2 atom stereocenters. The van der Waals surface area contributed by atoms with Crippen molar-refractivity contribution in [2.75, 3.05) is 13.1 Å². The Morgan fingerprint density at radius 3 is 2.50 bits per heavy atom. The van der Waals surface area contributed by atoms with Gasteiger partial charge in [0.25, 0.3) is 0 Å². The van der Waals surface area contributed by atoms with Crippen LogP contribution in [0.3, 0.4) is 0 Å². The summed E-state index contributed by atoms with van der Waals surface area (Å²) >= 11 is 0. The highest BCUT2D eigenvalue weighted by Crippen LogP contribution is 2.18. The summed E-state index contributed by atoms with van der Waals surface area (Å²) in [5.41, 5.74) is 0. The van der Waals surface area contributed by atoms with Crippen molar-refractivity contribution in [3.63, 3.8) is 0 Å². The van der Waals surface area contributed by atoms with Gasteiger partial charge in [-0.05, 0) is 6.42 Å². The van der Waals surface area contributed by atoms with E-state index in [0.717, 1.165) is 0 Å². The van der Waals surface area contributed by atoms with E-state index < -0.39 is 23.8 Å². The third-order valence-corrected chi connectivity index (χ3v) is 3.91. The smallest absolute Gasteiger partial charge is 0.249 e. The largest absolute Gasteiger partial charge is 0.356 e. The van der Waals surface area contributed by atoms with Gasteiger partial charge in [0.05, 0.1) is 6.42 Å². The van der Waals surface area contributed by atoms with Crippen molar-refractivity contribution in [2.45, 2.75) is 45.6 Å². The first-order valence-electron chi connectivity index (χ1n) is 8.44. The van der Waals surface area contributed by atoms with E-state index in [0.29, 0.717) is 6.42 Å². The molecule has 0 spiro atoms.